The number of carbonyl (C=O) groups excluding carboxylic acids is 2. The van der Waals surface area contributed by atoms with Gasteiger partial charge >= 0.3 is 0 Å². The zero-order valence-electron chi connectivity index (χ0n) is 17.2. The van der Waals surface area contributed by atoms with Crippen LogP contribution >= 0.6 is 0 Å². The number of halogens is 2. The molecule has 31 heavy (non-hydrogen) atoms. The van der Waals surface area contributed by atoms with Gasteiger partial charge in [0.05, 0.1) is 24.9 Å². The van der Waals surface area contributed by atoms with Crippen LogP contribution in [0.3, 0.4) is 0 Å². The standard InChI is InChI=1S/C22H29F2N3O4/c23-14-7-13(8-15(24)10-14)9-19-20(28)12-26-16-4-5-17(11-16)31-6-2-1-3-18(21(25)29)22(30)27-19/h1-2,7-8,10,16-20,26,28H,3-6,9,11-12H2,(H2,25,29)(H,27,30)/b2-1-/t16-,17+,18+,19+,20-/m1/s1. The number of rotatable bonds is 3. The van der Waals surface area contributed by atoms with E-state index < -0.39 is 41.5 Å². The summed E-state index contributed by atoms with van der Waals surface area (Å²) in [4.78, 5) is 24.6. The summed E-state index contributed by atoms with van der Waals surface area (Å²) in [5.74, 6) is -4.07. The minimum Gasteiger partial charge on any atom is -0.390 e. The fourth-order valence-electron chi connectivity index (χ4n) is 4.10. The van der Waals surface area contributed by atoms with Crippen LogP contribution in [0.15, 0.2) is 30.4 Å². The topological polar surface area (TPSA) is 114 Å². The Morgan fingerprint density at radius 1 is 1.19 bits per heavy atom. The second-order valence-corrected chi connectivity index (χ2v) is 8.20. The number of aliphatic hydroxyl groups excluding tert-OH is 1. The fraction of sp³-hybridized carbons (Fsp3) is 0.545. The Bertz CT molecular complexity index is 800. The van der Waals surface area contributed by atoms with E-state index >= 15 is 0 Å². The van der Waals surface area contributed by atoms with E-state index in [1.54, 1.807) is 12.2 Å². The number of nitrogens with two attached hydrogens (primary N) is 1. The highest BCUT2D eigenvalue weighted by molar-refractivity contribution is 5.99. The lowest BCUT2D eigenvalue weighted by Gasteiger charge is -2.27. The molecule has 5 atom stereocenters. The fourth-order valence-corrected chi connectivity index (χ4v) is 4.10. The van der Waals surface area contributed by atoms with Gasteiger partial charge in [-0.2, -0.15) is 0 Å². The highest BCUT2D eigenvalue weighted by Gasteiger charge is 2.31. The number of amides is 2. The van der Waals surface area contributed by atoms with Crippen molar-refractivity contribution in [2.45, 2.75) is 56.4 Å². The maximum Gasteiger partial charge on any atom is 0.233 e. The summed E-state index contributed by atoms with van der Waals surface area (Å²) in [5, 5.41) is 16.7. The van der Waals surface area contributed by atoms with Crippen LogP contribution in [0, 0.1) is 17.6 Å². The number of aliphatic hydroxyl groups is 1. The molecule has 0 saturated heterocycles. The van der Waals surface area contributed by atoms with E-state index in [9.17, 15) is 23.5 Å². The average molecular weight is 437 g/mol. The van der Waals surface area contributed by atoms with E-state index in [4.69, 9.17) is 10.5 Å². The summed E-state index contributed by atoms with van der Waals surface area (Å²) in [7, 11) is 0. The third-order valence-corrected chi connectivity index (χ3v) is 5.80. The van der Waals surface area contributed by atoms with Crippen LogP contribution in [0.1, 0.15) is 31.2 Å². The van der Waals surface area contributed by atoms with Crippen LogP contribution in [0.5, 0.6) is 0 Å². The SMILES string of the molecule is NC(=O)[C@@H]1C/C=C\CO[C@H]2CC[C@H](C2)NC[C@@H](O)[C@H](Cc2cc(F)cc(F)c2)NC1=O. The molecule has 1 aliphatic heterocycles. The van der Waals surface area contributed by atoms with Crippen molar-refractivity contribution in [3.05, 3.63) is 47.5 Å². The maximum atomic E-state index is 13.6. The highest BCUT2D eigenvalue weighted by atomic mass is 19.1. The summed E-state index contributed by atoms with van der Waals surface area (Å²) in [6, 6.07) is 2.35. The summed E-state index contributed by atoms with van der Waals surface area (Å²) in [5.41, 5.74) is 5.68. The van der Waals surface area contributed by atoms with Crippen LogP contribution in [0.4, 0.5) is 8.78 Å². The zero-order chi connectivity index (χ0) is 22.4. The molecule has 2 amide bonds. The summed E-state index contributed by atoms with van der Waals surface area (Å²) in [6.07, 6.45) is 5.15. The van der Waals surface area contributed by atoms with Crippen molar-refractivity contribution in [2.75, 3.05) is 13.2 Å². The van der Waals surface area contributed by atoms with Crippen molar-refractivity contribution in [3.8, 4) is 0 Å². The Kier molecular flexibility index (Phi) is 8.11. The molecule has 170 valence electrons. The monoisotopic (exact) mass is 437 g/mol. The second kappa shape index (κ2) is 10.8. The number of allylic oxidation sites excluding steroid dienone is 1. The lowest BCUT2D eigenvalue weighted by molar-refractivity contribution is -0.134. The predicted molar refractivity (Wildman–Crippen MR) is 110 cm³/mol. The Balaban J connectivity index is 1.81. The molecule has 0 spiro atoms. The van der Waals surface area contributed by atoms with Crippen molar-refractivity contribution < 1.29 is 28.2 Å². The highest BCUT2D eigenvalue weighted by Crippen LogP contribution is 2.22. The van der Waals surface area contributed by atoms with Gasteiger partial charge in [0.15, 0.2) is 0 Å². The molecular formula is C22H29F2N3O4. The number of carbonyl (C=O) groups is 2. The maximum absolute atomic E-state index is 13.6. The molecule has 2 aliphatic rings. The van der Waals surface area contributed by atoms with E-state index in [1.165, 1.54) is 0 Å². The largest absolute Gasteiger partial charge is 0.390 e. The molecule has 1 saturated carbocycles. The summed E-state index contributed by atoms with van der Waals surface area (Å²) in [6.45, 7) is 0.542. The normalized spacial score (nSPS) is 31.3. The molecule has 2 bridgehead atoms. The molecule has 1 aromatic rings. The molecule has 1 aromatic carbocycles. The number of fused-ring (bicyclic) bond motifs is 2. The van der Waals surface area contributed by atoms with E-state index in [0.717, 1.165) is 37.5 Å². The molecular weight excluding hydrogens is 408 g/mol. The van der Waals surface area contributed by atoms with Crippen LogP contribution in [0.25, 0.3) is 0 Å². The third kappa shape index (κ3) is 6.81. The lowest BCUT2D eigenvalue weighted by atomic mass is 9.97. The number of β-amino-alcohol motifs (C(OH)–C–C–N with tert-alkyl or cyclic N) is 1. The minimum atomic E-state index is -1.13. The molecule has 0 radical (unpaired) electrons. The molecule has 0 unspecified atom stereocenters. The first-order valence-corrected chi connectivity index (χ1v) is 10.5. The van der Waals surface area contributed by atoms with E-state index in [-0.39, 0.29) is 37.1 Å². The Morgan fingerprint density at radius 2 is 1.94 bits per heavy atom. The van der Waals surface area contributed by atoms with Crippen molar-refractivity contribution in [1.29, 1.82) is 0 Å². The third-order valence-electron chi connectivity index (χ3n) is 5.80. The Hall–Kier alpha value is -2.36. The van der Waals surface area contributed by atoms with Crippen molar-refractivity contribution in [2.24, 2.45) is 11.7 Å². The number of hydrogen-bond acceptors (Lipinski definition) is 5. The van der Waals surface area contributed by atoms with Gasteiger partial charge in [-0.3, -0.25) is 9.59 Å². The van der Waals surface area contributed by atoms with Crippen LogP contribution in [0.2, 0.25) is 0 Å². The zero-order valence-corrected chi connectivity index (χ0v) is 17.2. The van der Waals surface area contributed by atoms with Crippen LogP contribution < -0.4 is 16.4 Å². The second-order valence-electron chi connectivity index (χ2n) is 8.20. The van der Waals surface area contributed by atoms with Gasteiger partial charge in [0.1, 0.15) is 17.6 Å². The lowest BCUT2D eigenvalue weighted by Crippen LogP contribution is -2.52. The smallest absolute Gasteiger partial charge is 0.233 e. The van der Waals surface area contributed by atoms with Gasteiger partial charge in [-0.15, -0.1) is 0 Å². The van der Waals surface area contributed by atoms with Gasteiger partial charge < -0.3 is 26.2 Å². The Morgan fingerprint density at radius 3 is 2.65 bits per heavy atom. The van der Waals surface area contributed by atoms with Crippen LogP contribution in [-0.2, 0) is 20.7 Å². The molecule has 1 fully saturated rings. The number of hydrogen-bond donors (Lipinski definition) is 4. The average Bonchev–Trinajstić information content (AvgIpc) is 3.14. The number of primary amides is 1. The van der Waals surface area contributed by atoms with Gasteiger partial charge in [0.25, 0.3) is 0 Å². The van der Waals surface area contributed by atoms with E-state index in [2.05, 4.69) is 10.6 Å². The first-order chi connectivity index (χ1) is 14.8. The van der Waals surface area contributed by atoms with Gasteiger partial charge in [-0.1, -0.05) is 12.2 Å². The molecule has 5 N–H and O–H groups in total. The molecule has 9 heteroatoms. The van der Waals surface area contributed by atoms with E-state index in [1.807, 2.05) is 0 Å². The minimum absolute atomic E-state index is 0.0129. The van der Waals surface area contributed by atoms with Crippen LogP contribution in [-0.4, -0.2) is 54.4 Å². The molecule has 0 aromatic heterocycles. The van der Waals surface area contributed by atoms with Gasteiger partial charge in [0, 0.05) is 18.7 Å². The van der Waals surface area contributed by atoms with Gasteiger partial charge in [-0.05, 0) is 49.8 Å². The molecule has 3 rings (SSSR count). The molecule has 1 heterocycles. The summed E-state index contributed by atoms with van der Waals surface area (Å²) < 4.78 is 33.1. The van der Waals surface area contributed by atoms with Gasteiger partial charge in [0.2, 0.25) is 11.8 Å². The molecule has 7 nitrogen and oxygen atoms in total. The van der Waals surface area contributed by atoms with Crippen molar-refractivity contribution >= 4 is 11.8 Å². The number of benzene rings is 1. The first-order valence-electron chi connectivity index (χ1n) is 10.5. The number of ether oxygens (including phenoxy) is 1. The first kappa shape index (κ1) is 23.3. The summed E-state index contributed by atoms with van der Waals surface area (Å²) >= 11 is 0. The molecule has 1 aliphatic carbocycles. The van der Waals surface area contributed by atoms with Gasteiger partial charge in [-0.25, -0.2) is 8.78 Å². The quantitative estimate of drug-likeness (QED) is 0.415. The van der Waals surface area contributed by atoms with E-state index in [0.29, 0.717) is 6.61 Å². The number of nitrogens with one attached hydrogen (secondary N) is 2. The predicted octanol–water partition coefficient (Wildman–Crippen LogP) is 0.942. The Labute approximate surface area is 180 Å². The van der Waals surface area contributed by atoms with Crippen molar-refractivity contribution in [1.82, 2.24) is 10.6 Å². The van der Waals surface area contributed by atoms with Crippen molar-refractivity contribution in [3.63, 3.8) is 0 Å².